The van der Waals surface area contributed by atoms with Crippen LogP contribution in [0.4, 0.5) is 0 Å². The Kier molecular flexibility index (Phi) is 4.87. The van der Waals surface area contributed by atoms with Gasteiger partial charge in [-0.05, 0) is 69.2 Å². The summed E-state index contributed by atoms with van der Waals surface area (Å²) in [5.74, 6) is 1.04. The van der Waals surface area contributed by atoms with Crippen LogP contribution in [-0.2, 0) is 6.42 Å². The molecule has 2 rings (SSSR count). The molecule has 1 aliphatic carbocycles. The fraction of sp³-hybridized carbons (Fsp3) is 0.600. The van der Waals surface area contributed by atoms with Crippen molar-refractivity contribution in [1.29, 1.82) is 0 Å². The van der Waals surface area contributed by atoms with Crippen LogP contribution in [0.3, 0.4) is 0 Å². The molecule has 0 radical (unpaired) electrons. The molecular weight excluding hydrogens is 210 g/mol. The average molecular weight is 233 g/mol. The van der Waals surface area contributed by atoms with Crippen molar-refractivity contribution in [2.75, 3.05) is 6.54 Å². The molecule has 0 spiro atoms. The van der Waals surface area contributed by atoms with E-state index in [1.54, 1.807) is 0 Å². The number of ether oxygens (including phenoxy) is 1. The first-order valence-corrected chi connectivity index (χ1v) is 6.84. The van der Waals surface area contributed by atoms with E-state index < -0.39 is 0 Å². The highest BCUT2D eigenvalue weighted by Crippen LogP contribution is 2.24. The fourth-order valence-corrected chi connectivity index (χ4v) is 2.45. The van der Waals surface area contributed by atoms with E-state index in [2.05, 4.69) is 24.3 Å². The molecule has 2 nitrogen and oxygen atoms in total. The maximum atomic E-state index is 6.00. The van der Waals surface area contributed by atoms with E-state index in [0.717, 1.165) is 25.1 Å². The largest absolute Gasteiger partial charge is 0.490 e. The topological polar surface area (TPSA) is 35.2 Å². The van der Waals surface area contributed by atoms with Crippen LogP contribution in [0, 0.1) is 0 Å². The van der Waals surface area contributed by atoms with Crippen molar-refractivity contribution in [3.05, 3.63) is 29.8 Å². The Morgan fingerprint density at radius 2 is 2.00 bits per heavy atom. The van der Waals surface area contributed by atoms with Gasteiger partial charge in [0.25, 0.3) is 0 Å². The Hall–Kier alpha value is -1.02. The number of benzene rings is 1. The quantitative estimate of drug-likeness (QED) is 0.765. The normalized spacial score (nSPS) is 16.3. The van der Waals surface area contributed by atoms with E-state index in [9.17, 15) is 0 Å². The molecule has 0 heterocycles. The Labute approximate surface area is 104 Å². The van der Waals surface area contributed by atoms with Gasteiger partial charge in [-0.1, -0.05) is 12.1 Å². The molecule has 0 atom stereocenters. The summed E-state index contributed by atoms with van der Waals surface area (Å²) in [6.07, 6.45) is 8.92. The minimum atomic E-state index is 0.453. The highest BCUT2D eigenvalue weighted by atomic mass is 16.5. The maximum absolute atomic E-state index is 6.00. The van der Waals surface area contributed by atoms with Crippen molar-refractivity contribution in [3.63, 3.8) is 0 Å². The molecule has 0 amide bonds. The van der Waals surface area contributed by atoms with Gasteiger partial charge in [-0.2, -0.15) is 0 Å². The smallest absolute Gasteiger partial charge is 0.119 e. The number of aryl methyl sites for hydroxylation is 1. The van der Waals surface area contributed by atoms with Crippen molar-refractivity contribution in [2.24, 2.45) is 5.73 Å². The highest BCUT2D eigenvalue weighted by molar-refractivity contribution is 5.28. The van der Waals surface area contributed by atoms with E-state index in [-0.39, 0.29) is 0 Å². The molecule has 0 unspecified atom stereocenters. The second kappa shape index (κ2) is 6.65. The molecule has 0 aromatic heterocycles. The molecule has 94 valence electrons. The summed E-state index contributed by atoms with van der Waals surface area (Å²) in [5.41, 5.74) is 6.88. The summed E-state index contributed by atoms with van der Waals surface area (Å²) in [6, 6.07) is 8.54. The zero-order valence-corrected chi connectivity index (χ0v) is 10.5. The van der Waals surface area contributed by atoms with E-state index >= 15 is 0 Å². The van der Waals surface area contributed by atoms with Crippen molar-refractivity contribution in [2.45, 2.75) is 51.0 Å². The van der Waals surface area contributed by atoms with Gasteiger partial charge in [-0.3, -0.25) is 0 Å². The second-order valence-corrected chi connectivity index (χ2v) is 4.92. The van der Waals surface area contributed by atoms with Crippen molar-refractivity contribution in [1.82, 2.24) is 0 Å². The van der Waals surface area contributed by atoms with Gasteiger partial charge in [-0.15, -0.1) is 0 Å². The van der Waals surface area contributed by atoms with Crippen LogP contribution in [0.2, 0.25) is 0 Å². The molecule has 2 N–H and O–H groups in total. The van der Waals surface area contributed by atoms with Gasteiger partial charge in [0.1, 0.15) is 5.75 Å². The van der Waals surface area contributed by atoms with Crippen LogP contribution >= 0.6 is 0 Å². The van der Waals surface area contributed by atoms with Crippen molar-refractivity contribution < 1.29 is 4.74 Å². The van der Waals surface area contributed by atoms with Gasteiger partial charge in [0.15, 0.2) is 0 Å². The summed E-state index contributed by atoms with van der Waals surface area (Å²) in [4.78, 5) is 0. The monoisotopic (exact) mass is 233 g/mol. The fourth-order valence-electron chi connectivity index (χ4n) is 2.45. The Morgan fingerprint density at radius 3 is 2.76 bits per heavy atom. The SMILES string of the molecule is NCCCCc1cccc(OC2CCCC2)c1. The van der Waals surface area contributed by atoms with Gasteiger partial charge >= 0.3 is 0 Å². The van der Waals surface area contributed by atoms with Crippen LogP contribution in [0.15, 0.2) is 24.3 Å². The molecule has 0 aliphatic heterocycles. The average Bonchev–Trinajstić information content (AvgIpc) is 2.83. The minimum absolute atomic E-state index is 0.453. The summed E-state index contributed by atoms with van der Waals surface area (Å²) < 4.78 is 6.00. The summed E-state index contributed by atoms with van der Waals surface area (Å²) in [7, 11) is 0. The lowest BCUT2D eigenvalue weighted by molar-refractivity contribution is 0.210. The Bertz CT molecular complexity index is 331. The van der Waals surface area contributed by atoms with Crippen LogP contribution < -0.4 is 10.5 Å². The number of rotatable bonds is 6. The second-order valence-electron chi connectivity index (χ2n) is 4.92. The first-order chi connectivity index (χ1) is 8.38. The van der Waals surface area contributed by atoms with E-state index in [0.29, 0.717) is 6.10 Å². The number of hydrogen-bond acceptors (Lipinski definition) is 2. The number of hydrogen-bond donors (Lipinski definition) is 1. The van der Waals surface area contributed by atoms with Crippen LogP contribution in [-0.4, -0.2) is 12.6 Å². The lowest BCUT2D eigenvalue weighted by Crippen LogP contribution is -2.10. The van der Waals surface area contributed by atoms with Crippen LogP contribution in [0.5, 0.6) is 5.75 Å². The molecule has 1 aromatic rings. The van der Waals surface area contributed by atoms with E-state index in [4.69, 9.17) is 10.5 Å². The number of unbranched alkanes of at least 4 members (excludes halogenated alkanes) is 1. The van der Waals surface area contributed by atoms with Gasteiger partial charge in [0.05, 0.1) is 6.10 Å². The van der Waals surface area contributed by atoms with Crippen molar-refractivity contribution in [3.8, 4) is 5.75 Å². The standard InChI is InChI=1S/C15H23NO/c16-11-4-3-6-13-7-5-10-15(12-13)17-14-8-1-2-9-14/h5,7,10,12,14H,1-4,6,8-9,11,16H2. The summed E-state index contributed by atoms with van der Waals surface area (Å²) >= 11 is 0. The molecule has 1 aromatic carbocycles. The van der Waals surface area contributed by atoms with Crippen molar-refractivity contribution >= 4 is 0 Å². The maximum Gasteiger partial charge on any atom is 0.119 e. The lowest BCUT2D eigenvalue weighted by Gasteiger charge is -2.13. The number of nitrogens with two attached hydrogens (primary N) is 1. The minimum Gasteiger partial charge on any atom is -0.490 e. The molecule has 1 fully saturated rings. The zero-order valence-electron chi connectivity index (χ0n) is 10.5. The summed E-state index contributed by atoms with van der Waals surface area (Å²) in [6.45, 7) is 0.790. The predicted octanol–water partition coefficient (Wildman–Crippen LogP) is 3.29. The zero-order chi connectivity index (χ0) is 11.9. The molecule has 17 heavy (non-hydrogen) atoms. The predicted molar refractivity (Wildman–Crippen MR) is 71.3 cm³/mol. The Balaban J connectivity index is 1.86. The first-order valence-electron chi connectivity index (χ1n) is 6.84. The molecule has 0 saturated heterocycles. The van der Waals surface area contributed by atoms with E-state index in [1.165, 1.54) is 37.7 Å². The van der Waals surface area contributed by atoms with Crippen LogP contribution in [0.1, 0.15) is 44.1 Å². The van der Waals surface area contributed by atoms with Gasteiger partial charge in [-0.25, -0.2) is 0 Å². The first kappa shape index (κ1) is 12.4. The third-order valence-corrected chi connectivity index (χ3v) is 3.42. The highest BCUT2D eigenvalue weighted by Gasteiger charge is 2.16. The molecule has 1 aliphatic rings. The Morgan fingerprint density at radius 1 is 1.18 bits per heavy atom. The van der Waals surface area contributed by atoms with E-state index in [1.807, 2.05) is 0 Å². The van der Waals surface area contributed by atoms with Gasteiger partial charge in [0, 0.05) is 0 Å². The van der Waals surface area contributed by atoms with Gasteiger partial charge in [0.2, 0.25) is 0 Å². The third-order valence-electron chi connectivity index (χ3n) is 3.42. The van der Waals surface area contributed by atoms with Crippen LogP contribution in [0.25, 0.3) is 0 Å². The summed E-state index contributed by atoms with van der Waals surface area (Å²) in [5, 5.41) is 0. The molecule has 2 heteroatoms. The molecular formula is C15H23NO. The van der Waals surface area contributed by atoms with Gasteiger partial charge < -0.3 is 10.5 Å². The third kappa shape index (κ3) is 4.04. The molecule has 0 bridgehead atoms. The molecule has 1 saturated carbocycles. The lowest BCUT2D eigenvalue weighted by atomic mass is 10.1.